The summed E-state index contributed by atoms with van der Waals surface area (Å²) in [7, 11) is 4.07. The summed E-state index contributed by atoms with van der Waals surface area (Å²) in [6, 6.07) is 22.3. The molecular formula is C29H37N3O2. The predicted octanol–water partition coefficient (Wildman–Crippen LogP) is 6.43. The van der Waals surface area contributed by atoms with E-state index in [1.165, 1.54) is 24.9 Å². The second-order valence-corrected chi connectivity index (χ2v) is 10.0. The van der Waals surface area contributed by atoms with Crippen LogP contribution in [0.2, 0.25) is 0 Å². The van der Waals surface area contributed by atoms with Crippen LogP contribution in [0.5, 0.6) is 0 Å². The third kappa shape index (κ3) is 5.87. The third-order valence-electron chi connectivity index (χ3n) is 6.66. The van der Waals surface area contributed by atoms with Crippen molar-refractivity contribution in [2.45, 2.75) is 57.6 Å². The highest BCUT2D eigenvalue weighted by Crippen LogP contribution is 2.51. The second-order valence-electron chi connectivity index (χ2n) is 10.0. The number of rotatable bonds is 3. The minimum atomic E-state index is -0.515. The van der Waals surface area contributed by atoms with Gasteiger partial charge in [0.2, 0.25) is 0 Å². The molecule has 2 aromatic carbocycles. The Morgan fingerprint density at radius 2 is 1.74 bits per heavy atom. The molecule has 5 rings (SSSR count). The van der Waals surface area contributed by atoms with Crippen molar-refractivity contribution in [2.24, 2.45) is 5.92 Å². The number of anilines is 1. The van der Waals surface area contributed by atoms with Crippen molar-refractivity contribution in [2.75, 3.05) is 25.6 Å². The highest BCUT2D eigenvalue weighted by Gasteiger charge is 2.55. The molecule has 2 unspecified atom stereocenters. The summed E-state index contributed by atoms with van der Waals surface area (Å²) < 4.78 is 7.37. The largest absolute Gasteiger partial charge is 0.378 e. The molecule has 1 aliphatic carbocycles. The van der Waals surface area contributed by atoms with Crippen molar-refractivity contribution in [3.05, 3.63) is 66.4 Å². The fourth-order valence-corrected chi connectivity index (χ4v) is 4.43. The van der Waals surface area contributed by atoms with Gasteiger partial charge < -0.3 is 14.2 Å². The number of aromatic nitrogens is 1. The van der Waals surface area contributed by atoms with Crippen molar-refractivity contribution >= 4 is 22.9 Å². The molecule has 3 aromatic rings. The van der Waals surface area contributed by atoms with Crippen LogP contribution in [0.4, 0.5) is 5.69 Å². The first-order chi connectivity index (χ1) is 16.2. The van der Waals surface area contributed by atoms with Gasteiger partial charge >= 0.3 is 0 Å². The maximum absolute atomic E-state index is 11.2. The SMILES string of the molecule is CC1(C)CCCCO1.CC1CC1(C#N)n1c(C=O)cc2ccccc21.CN(C)c1ccccc1. The van der Waals surface area contributed by atoms with Crippen LogP contribution in [-0.4, -0.2) is 37.2 Å². The van der Waals surface area contributed by atoms with E-state index >= 15 is 0 Å². The number of fused-ring (bicyclic) bond motifs is 1. The Labute approximate surface area is 203 Å². The summed E-state index contributed by atoms with van der Waals surface area (Å²) in [4.78, 5) is 13.2. The lowest BCUT2D eigenvalue weighted by atomic mass is 9.99. The van der Waals surface area contributed by atoms with Gasteiger partial charge in [-0.05, 0) is 69.7 Å². The van der Waals surface area contributed by atoms with Gasteiger partial charge in [-0.3, -0.25) is 4.79 Å². The molecule has 0 N–H and O–H groups in total. The number of ether oxygens (including phenoxy) is 1. The van der Waals surface area contributed by atoms with Crippen LogP contribution in [0.25, 0.3) is 10.9 Å². The Kier molecular flexibility index (Phi) is 8.17. The average Bonchev–Trinajstić information content (AvgIpc) is 3.34. The van der Waals surface area contributed by atoms with E-state index < -0.39 is 5.54 Å². The minimum Gasteiger partial charge on any atom is -0.378 e. The van der Waals surface area contributed by atoms with Crippen molar-refractivity contribution < 1.29 is 9.53 Å². The number of nitrogens with zero attached hydrogens (tertiary/aromatic N) is 3. The summed E-state index contributed by atoms with van der Waals surface area (Å²) in [5, 5.41) is 10.4. The topological polar surface area (TPSA) is 58.3 Å². The Morgan fingerprint density at radius 3 is 2.18 bits per heavy atom. The summed E-state index contributed by atoms with van der Waals surface area (Å²) in [5.41, 5.74) is 2.48. The summed E-state index contributed by atoms with van der Waals surface area (Å²) in [5.74, 6) is 0.307. The Morgan fingerprint density at radius 1 is 1.09 bits per heavy atom. The molecule has 1 saturated heterocycles. The smallest absolute Gasteiger partial charge is 0.166 e. The van der Waals surface area contributed by atoms with Gasteiger partial charge in [-0.25, -0.2) is 0 Å². The number of carbonyl (C=O) groups excluding carboxylic acids is 1. The fraction of sp³-hybridized carbons (Fsp3) is 0.448. The number of hydrogen-bond acceptors (Lipinski definition) is 4. The van der Waals surface area contributed by atoms with E-state index in [2.05, 4.69) is 36.9 Å². The highest BCUT2D eigenvalue weighted by molar-refractivity contribution is 5.89. The van der Waals surface area contributed by atoms with E-state index in [1.807, 2.05) is 74.1 Å². The summed E-state index contributed by atoms with van der Waals surface area (Å²) >= 11 is 0. The molecule has 180 valence electrons. The first-order valence-corrected chi connectivity index (χ1v) is 12.1. The Bertz CT molecular complexity index is 1120. The van der Waals surface area contributed by atoms with Gasteiger partial charge in [0.1, 0.15) is 5.54 Å². The molecule has 0 amide bonds. The van der Waals surface area contributed by atoms with Gasteiger partial charge in [0.15, 0.2) is 6.29 Å². The van der Waals surface area contributed by atoms with Gasteiger partial charge in [-0.2, -0.15) is 5.26 Å². The zero-order valence-corrected chi connectivity index (χ0v) is 21.1. The van der Waals surface area contributed by atoms with Gasteiger partial charge in [0.25, 0.3) is 0 Å². The normalized spacial score (nSPS) is 22.3. The molecule has 5 nitrogen and oxygen atoms in total. The van der Waals surface area contributed by atoms with Crippen molar-refractivity contribution in [3.63, 3.8) is 0 Å². The van der Waals surface area contributed by atoms with Gasteiger partial charge in [0, 0.05) is 31.8 Å². The lowest BCUT2D eigenvalue weighted by molar-refractivity contribution is -0.0511. The number of para-hydroxylation sites is 2. The molecule has 5 heteroatoms. The van der Waals surface area contributed by atoms with E-state index in [0.717, 1.165) is 30.2 Å². The molecule has 1 saturated carbocycles. The van der Waals surface area contributed by atoms with E-state index in [1.54, 1.807) is 0 Å². The average molecular weight is 460 g/mol. The molecular weight excluding hydrogens is 422 g/mol. The molecule has 2 atom stereocenters. The van der Waals surface area contributed by atoms with Crippen LogP contribution >= 0.6 is 0 Å². The number of aldehydes is 1. The lowest BCUT2D eigenvalue weighted by Crippen LogP contribution is -2.28. The summed E-state index contributed by atoms with van der Waals surface area (Å²) in [6.45, 7) is 7.33. The van der Waals surface area contributed by atoms with Gasteiger partial charge in [-0.15, -0.1) is 0 Å². The van der Waals surface area contributed by atoms with Crippen LogP contribution in [0.3, 0.4) is 0 Å². The molecule has 2 aliphatic rings. The summed E-state index contributed by atoms with van der Waals surface area (Å²) in [6.07, 6.45) is 5.48. The quantitative estimate of drug-likeness (QED) is 0.424. The van der Waals surface area contributed by atoms with Crippen molar-refractivity contribution in [1.29, 1.82) is 5.26 Å². The van der Waals surface area contributed by atoms with Crippen LogP contribution < -0.4 is 4.90 Å². The molecule has 0 spiro atoms. The van der Waals surface area contributed by atoms with E-state index in [-0.39, 0.29) is 5.60 Å². The lowest BCUT2D eigenvalue weighted by Gasteiger charge is -2.29. The molecule has 2 heterocycles. The van der Waals surface area contributed by atoms with E-state index in [0.29, 0.717) is 11.6 Å². The highest BCUT2D eigenvalue weighted by atomic mass is 16.5. The number of carbonyl (C=O) groups is 1. The Hall–Kier alpha value is -3.10. The molecule has 0 bridgehead atoms. The van der Waals surface area contributed by atoms with E-state index in [9.17, 15) is 10.1 Å². The molecule has 1 aliphatic heterocycles. The van der Waals surface area contributed by atoms with Crippen molar-refractivity contribution in [3.8, 4) is 6.07 Å². The number of hydrogen-bond donors (Lipinski definition) is 0. The third-order valence-corrected chi connectivity index (χ3v) is 6.66. The fourth-order valence-electron chi connectivity index (χ4n) is 4.43. The van der Waals surface area contributed by atoms with Gasteiger partial charge in [0.05, 0.1) is 22.9 Å². The van der Waals surface area contributed by atoms with Crippen LogP contribution in [0.1, 0.15) is 56.9 Å². The molecule has 1 aromatic heterocycles. The zero-order valence-electron chi connectivity index (χ0n) is 21.1. The molecule has 34 heavy (non-hydrogen) atoms. The van der Waals surface area contributed by atoms with Crippen LogP contribution in [-0.2, 0) is 10.3 Å². The monoisotopic (exact) mass is 459 g/mol. The minimum absolute atomic E-state index is 0.179. The number of benzene rings is 2. The first kappa shape index (κ1) is 25.5. The number of nitriles is 1. The van der Waals surface area contributed by atoms with E-state index in [4.69, 9.17) is 4.74 Å². The maximum atomic E-state index is 11.2. The first-order valence-electron chi connectivity index (χ1n) is 12.1. The van der Waals surface area contributed by atoms with Crippen LogP contribution in [0.15, 0.2) is 60.7 Å². The Balaban J connectivity index is 0.000000161. The zero-order chi connectivity index (χ0) is 24.8. The maximum Gasteiger partial charge on any atom is 0.166 e. The predicted molar refractivity (Wildman–Crippen MR) is 139 cm³/mol. The van der Waals surface area contributed by atoms with Crippen molar-refractivity contribution in [1.82, 2.24) is 4.57 Å². The standard InChI is InChI=1S/C14H12N2O.C8H11N.C7H14O/c1-10-7-14(10,9-15)16-12(8-17)6-11-4-2-3-5-13(11)16;1-9(2)8-6-4-3-5-7-8;1-7(2)5-3-4-6-8-7/h2-6,8,10H,7H2,1H3;3-7H,1-2H3;3-6H2,1-2H3. The second kappa shape index (κ2) is 10.9. The van der Waals surface area contributed by atoms with Crippen LogP contribution in [0, 0.1) is 17.2 Å². The van der Waals surface area contributed by atoms with Gasteiger partial charge in [-0.1, -0.05) is 43.3 Å². The molecule has 0 radical (unpaired) electrons. The molecule has 2 fully saturated rings.